The molecule has 0 aliphatic carbocycles. The van der Waals surface area contributed by atoms with Crippen LogP contribution in [0.5, 0.6) is 0 Å². The number of hydrogen-bond acceptors (Lipinski definition) is 2. The van der Waals surface area contributed by atoms with Crippen molar-refractivity contribution in [3.05, 3.63) is 78.4 Å². The van der Waals surface area contributed by atoms with Gasteiger partial charge in [0.25, 0.3) is 0 Å². The van der Waals surface area contributed by atoms with Crippen LogP contribution in [-0.2, 0) is 17.6 Å². The van der Waals surface area contributed by atoms with Crippen LogP contribution >= 0.6 is 0 Å². The standard InChI is InChI=1S/C10H8O2S.C8H11N/c11-13(12)10-7-3-5-8-4-1-2-6-9(8)10;1-9-7-8-5-3-2-4-6-8/h1-7H,(H,11,12);2-6,9H,7H2,1H3. The molecule has 0 saturated carbocycles. The summed E-state index contributed by atoms with van der Waals surface area (Å²) in [6.45, 7) is 0.959. The van der Waals surface area contributed by atoms with Crippen LogP contribution in [0.25, 0.3) is 10.8 Å². The minimum atomic E-state index is -1.90. The molecule has 0 radical (unpaired) electrons. The molecular weight excluding hydrogens is 294 g/mol. The van der Waals surface area contributed by atoms with E-state index in [0.29, 0.717) is 4.90 Å². The molecule has 2 N–H and O–H groups in total. The van der Waals surface area contributed by atoms with Gasteiger partial charge < -0.3 is 9.87 Å². The van der Waals surface area contributed by atoms with Crippen LogP contribution in [0.4, 0.5) is 0 Å². The first-order chi connectivity index (χ1) is 10.7. The molecule has 3 aromatic carbocycles. The average molecular weight is 313 g/mol. The van der Waals surface area contributed by atoms with Gasteiger partial charge in [0.15, 0.2) is 11.1 Å². The summed E-state index contributed by atoms with van der Waals surface area (Å²) in [6.07, 6.45) is 0. The first-order valence-electron chi connectivity index (χ1n) is 6.99. The molecule has 3 nitrogen and oxygen atoms in total. The number of fused-ring (bicyclic) bond motifs is 1. The Labute approximate surface area is 133 Å². The van der Waals surface area contributed by atoms with Gasteiger partial charge in [-0.3, -0.25) is 0 Å². The third kappa shape index (κ3) is 4.49. The molecule has 0 fully saturated rings. The summed E-state index contributed by atoms with van der Waals surface area (Å²) >= 11 is -1.90. The largest absolute Gasteiger partial charge is 0.316 e. The molecule has 0 heterocycles. The Kier molecular flexibility index (Phi) is 6.27. The van der Waals surface area contributed by atoms with Crippen molar-refractivity contribution in [1.82, 2.24) is 5.32 Å². The molecule has 0 saturated heterocycles. The van der Waals surface area contributed by atoms with Crippen molar-refractivity contribution in [2.24, 2.45) is 0 Å². The molecule has 114 valence electrons. The third-order valence-electron chi connectivity index (χ3n) is 3.16. The number of nitrogens with one attached hydrogen (secondary N) is 1. The highest BCUT2D eigenvalue weighted by Crippen LogP contribution is 2.20. The summed E-state index contributed by atoms with van der Waals surface area (Å²) in [6, 6.07) is 23.2. The molecule has 3 rings (SSSR count). The number of benzene rings is 3. The summed E-state index contributed by atoms with van der Waals surface area (Å²) in [4.78, 5) is 0.470. The maximum atomic E-state index is 10.9. The van der Waals surface area contributed by atoms with E-state index in [0.717, 1.165) is 17.3 Å². The average Bonchev–Trinajstić information content (AvgIpc) is 2.56. The second kappa shape index (κ2) is 8.44. The van der Waals surface area contributed by atoms with E-state index in [4.69, 9.17) is 4.55 Å². The van der Waals surface area contributed by atoms with E-state index in [1.54, 1.807) is 12.1 Å². The Bertz CT molecular complexity index is 739. The molecule has 0 spiro atoms. The monoisotopic (exact) mass is 313 g/mol. The molecule has 1 atom stereocenters. The predicted octanol–water partition coefficient (Wildman–Crippen LogP) is 3.83. The van der Waals surface area contributed by atoms with Crippen molar-refractivity contribution in [2.75, 3.05) is 7.05 Å². The Morgan fingerprint density at radius 1 is 0.909 bits per heavy atom. The van der Waals surface area contributed by atoms with E-state index < -0.39 is 11.1 Å². The SMILES string of the molecule is CNCc1ccccc1.O=S(O)c1cccc2ccccc12. The minimum Gasteiger partial charge on any atom is -0.316 e. The van der Waals surface area contributed by atoms with Crippen LogP contribution in [0.3, 0.4) is 0 Å². The molecule has 0 aliphatic rings. The van der Waals surface area contributed by atoms with Gasteiger partial charge in [0.2, 0.25) is 0 Å². The molecule has 0 aromatic heterocycles. The maximum absolute atomic E-state index is 10.9. The fourth-order valence-corrected chi connectivity index (χ4v) is 2.72. The highest BCUT2D eigenvalue weighted by atomic mass is 32.2. The van der Waals surface area contributed by atoms with Gasteiger partial charge in [-0.05, 0) is 24.1 Å². The maximum Gasteiger partial charge on any atom is 0.187 e. The van der Waals surface area contributed by atoms with Crippen molar-refractivity contribution >= 4 is 21.9 Å². The predicted molar refractivity (Wildman–Crippen MR) is 92.2 cm³/mol. The fourth-order valence-electron chi connectivity index (χ4n) is 2.15. The van der Waals surface area contributed by atoms with Crippen molar-refractivity contribution in [2.45, 2.75) is 11.4 Å². The lowest BCUT2D eigenvalue weighted by molar-refractivity contribution is 0.565. The Balaban J connectivity index is 0.000000172. The topological polar surface area (TPSA) is 49.3 Å². The smallest absolute Gasteiger partial charge is 0.187 e. The van der Waals surface area contributed by atoms with E-state index in [2.05, 4.69) is 17.4 Å². The Morgan fingerprint density at radius 3 is 2.23 bits per heavy atom. The van der Waals surface area contributed by atoms with Gasteiger partial charge in [0.05, 0.1) is 4.90 Å². The zero-order valence-corrected chi connectivity index (χ0v) is 13.2. The third-order valence-corrected chi connectivity index (χ3v) is 3.89. The summed E-state index contributed by atoms with van der Waals surface area (Å²) < 4.78 is 19.9. The van der Waals surface area contributed by atoms with Crippen molar-refractivity contribution in [1.29, 1.82) is 0 Å². The van der Waals surface area contributed by atoms with Gasteiger partial charge in [-0.15, -0.1) is 0 Å². The van der Waals surface area contributed by atoms with E-state index >= 15 is 0 Å². The van der Waals surface area contributed by atoms with E-state index in [-0.39, 0.29) is 0 Å². The summed E-state index contributed by atoms with van der Waals surface area (Å²) in [7, 11) is 1.95. The highest BCUT2D eigenvalue weighted by Gasteiger charge is 2.03. The molecule has 0 bridgehead atoms. The van der Waals surface area contributed by atoms with Gasteiger partial charge in [-0.1, -0.05) is 66.7 Å². The summed E-state index contributed by atoms with van der Waals surface area (Å²) in [5.74, 6) is 0. The molecule has 22 heavy (non-hydrogen) atoms. The van der Waals surface area contributed by atoms with Crippen molar-refractivity contribution < 1.29 is 8.76 Å². The second-order valence-electron chi connectivity index (χ2n) is 4.74. The van der Waals surface area contributed by atoms with Gasteiger partial charge in [-0.25, -0.2) is 4.21 Å². The fraction of sp³-hybridized carbons (Fsp3) is 0.111. The zero-order chi connectivity index (χ0) is 15.8. The first-order valence-corrected chi connectivity index (χ1v) is 8.10. The minimum absolute atomic E-state index is 0.470. The van der Waals surface area contributed by atoms with E-state index in [1.807, 2.05) is 55.6 Å². The van der Waals surface area contributed by atoms with Crippen LogP contribution in [0.2, 0.25) is 0 Å². The van der Waals surface area contributed by atoms with Crippen LogP contribution in [0.15, 0.2) is 77.7 Å². The molecule has 0 aliphatic heterocycles. The quantitative estimate of drug-likeness (QED) is 0.723. The van der Waals surface area contributed by atoms with Gasteiger partial charge in [0, 0.05) is 11.9 Å². The van der Waals surface area contributed by atoms with Crippen molar-refractivity contribution in [3.8, 4) is 0 Å². The van der Waals surface area contributed by atoms with Crippen LogP contribution < -0.4 is 5.32 Å². The van der Waals surface area contributed by atoms with Crippen LogP contribution in [-0.4, -0.2) is 15.8 Å². The normalized spacial score (nSPS) is 11.5. The van der Waals surface area contributed by atoms with Crippen LogP contribution in [0.1, 0.15) is 5.56 Å². The molecule has 4 heteroatoms. The molecular formula is C18H19NO2S. The molecule has 0 amide bonds. The van der Waals surface area contributed by atoms with E-state index in [9.17, 15) is 4.21 Å². The van der Waals surface area contributed by atoms with Crippen LogP contribution in [0, 0.1) is 0 Å². The number of hydrogen-bond donors (Lipinski definition) is 2. The highest BCUT2D eigenvalue weighted by molar-refractivity contribution is 7.79. The zero-order valence-electron chi connectivity index (χ0n) is 12.4. The van der Waals surface area contributed by atoms with Crippen molar-refractivity contribution in [3.63, 3.8) is 0 Å². The second-order valence-corrected chi connectivity index (χ2v) is 5.68. The Hall–Kier alpha value is -2.01. The molecule has 1 unspecified atom stereocenters. The van der Waals surface area contributed by atoms with E-state index in [1.165, 1.54) is 5.56 Å². The lowest BCUT2D eigenvalue weighted by Crippen LogP contribution is -2.04. The summed E-state index contributed by atoms with van der Waals surface area (Å²) in [5, 5.41) is 4.91. The summed E-state index contributed by atoms with van der Waals surface area (Å²) in [5.41, 5.74) is 1.33. The van der Waals surface area contributed by atoms with Gasteiger partial charge in [0.1, 0.15) is 0 Å². The van der Waals surface area contributed by atoms with Gasteiger partial charge in [-0.2, -0.15) is 0 Å². The molecule has 3 aromatic rings. The lowest BCUT2D eigenvalue weighted by Gasteiger charge is -2.00. The first kappa shape index (κ1) is 16.4. The Morgan fingerprint density at radius 2 is 1.55 bits per heavy atom. The lowest BCUT2D eigenvalue weighted by atomic mass is 10.1. The number of rotatable bonds is 3. The van der Waals surface area contributed by atoms with Gasteiger partial charge >= 0.3 is 0 Å².